The Kier molecular flexibility index (Phi) is 3.59. The summed E-state index contributed by atoms with van der Waals surface area (Å²) in [6.07, 6.45) is -4.02. The average Bonchev–Trinajstić information content (AvgIpc) is 2.09. The van der Waals surface area contributed by atoms with Gasteiger partial charge in [0.05, 0.1) is 0 Å². The van der Waals surface area contributed by atoms with Crippen molar-refractivity contribution in [2.45, 2.75) is 38.5 Å². The Morgan fingerprint density at radius 3 is 2.47 bits per heavy atom. The number of alkyl halides is 3. The summed E-state index contributed by atoms with van der Waals surface area (Å²) in [7, 11) is 0. The molecule has 1 saturated heterocycles. The molecule has 1 heterocycles. The molecule has 0 aliphatic carbocycles. The number of nitrogens with one attached hydrogen (secondary N) is 2. The predicted molar refractivity (Wildman–Crippen MR) is 49.2 cm³/mol. The molecule has 0 spiro atoms. The first-order valence-corrected chi connectivity index (χ1v) is 4.93. The molecule has 0 aromatic rings. The third-order valence-corrected chi connectivity index (χ3v) is 2.77. The lowest BCUT2D eigenvalue weighted by molar-refractivity contribution is -0.175. The van der Waals surface area contributed by atoms with Crippen LogP contribution in [-0.2, 0) is 4.79 Å². The molecule has 0 bridgehead atoms. The van der Waals surface area contributed by atoms with Crippen LogP contribution in [0.25, 0.3) is 0 Å². The fraction of sp³-hybridized carbons (Fsp3) is 0.889. The van der Waals surface area contributed by atoms with Crippen LogP contribution in [0.1, 0.15) is 20.3 Å². The maximum absolute atomic E-state index is 12.0. The molecule has 2 N–H and O–H groups in total. The molecule has 1 aliphatic heterocycles. The highest BCUT2D eigenvalue weighted by Crippen LogP contribution is 2.20. The molecular weight excluding hydrogens is 209 g/mol. The second-order valence-electron chi connectivity index (χ2n) is 4.01. The van der Waals surface area contributed by atoms with E-state index >= 15 is 0 Å². The first kappa shape index (κ1) is 12.3. The molecule has 1 rings (SSSR count). The van der Waals surface area contributed by atoms with Crippen molar-refractivity contribution in [3.05, 3.63) is 0 Å². The highest BCUT2D eigenvalue weighted by molar-refractivity contribution is 5.82. The van der Waals surface area contributed by atoms with E-state index in [2.05, 4.69) is 5.32 Å². The van der Waals surface area contributed by atoms with E-state index in [0.29, 0.717) is 0 Å². The monoisotopic (exact) mass is 224 g/mol. The van der Waals surface area contributed by atoms with Gasteiger partial charge >= 0.3 is 12.1 Å². The highest BCUT2D eigenvalue weighted by atomic mass is 19.4. The maximum Gasteiger partial charge on any atom is 0.471 e. The number of piperidine rings is 1. The summed E-state index contributed by atoms with van der Waals surface area (Å²) >= 11 is 0. The minimum Gasteiger partial charge on any atom is -0.344 e. The molecule has 6 heteroatoms. The van der Waals surface area contributed by atoms with Gasteiger partial charge in [-0.15, -0.1) is 0 Å². The van der Waals surface area contributed by atoms with Crippen LogP contribution in [0, 0.1) is 5.92 Å². The lowest BCUT2D eigenvalue weighted by atomic mass is 9.89. The van der Waals surface area contributed by atoms with Crippen molar-refractivity contribution in [2.24, 2.45) is 5.92 Å². The van der Waals surface area contributed by atoms with Crippen LogP contribution in [0.5, 0.6) is 0 Å². The van der Waals surface area contributed by atoms with E-state index in [1.807, 2.05) is 12.2 Å². The van der Waals surface area contributed by atoms with Gasteiger partial charge < -0.3 is 10.6 Å². The Balaban J connectivity index is 2.59. The maximum atomic E-state index is 12.0. The van der Waals surface area contributed by atoms with Gasteiger partial charge in [-0.1, -0.05) is 6.92 Å². The third kappa shape index (κ3) is 3.09. The summed E-state index contributed by atoms with van der Waals surface area (Å²) in [6.45, 7) is 4.40. The van der Waals surface area contributed by atoms with Gasteiger partial charge in [0.25, 0.3) is 0 Å². The fourth-order valence-corrected chi connectivity index (χ4v) is 1.84. The van der Waals surface area contributed by atoms with Crippen LogP contribution in [0.15, 0.2) is 0 Å². The topological polar surface area (TPSA) is 41.1 Å². The van der Waals surface area contributed by atoms with Crippen LogP contribution in [0.4, 0.5) is 13.2 Å². The normalized spacial score (nSPS) is 32.5. The van der Waals surface area contributed by atoms with Crippen molar-refractivity contribution in [3.63, 3.8) is 0 Å². The Hall–Kier alpha value is -0.780. The second-order valence-corrected chi connectivity index (χ2v) is 4.01. The third-order valence-electron chi connectivity index (χ3n) is 2.77. The summed E-state index contributed by atoms with van der Waals surface area (Å²) in [4.78, 5) is 10.8. The molecular formula is C9H15F3N2O. The van der Waals surface area contributed by atoms with Gasteiger partial charge in [-0.3, -0.25) is 4.79 Å². The molecule has 0 saturated carbocycles. The average molecular weight is 224 g/mol. The Morgan fingerprint density at radius 2 is 2.00 bits per heavy atom. The number of amides is 1. The van der Waals surface area contributed by atoms with Crippen molar-refractivity contribution in [1.29, 1.82) is 0 Å². The van der Waals surface area contributed by atoms with Gasteiger partial charge in [-0.2, -0.15) is 13.2 Å². The SMILES string of the molecule is C[C@@H]1CCN[C@@H](C)[C@@H]1NC(=O)C(F)(F)F. The molecule has 0 aromatic heterocycles. The molecule has 3 atom stereocenters. The standard InChI is InChI=1S/C9H15F3N2O/c1-5-3-4-13-6(2)7(5)14-8(15)9(10,11)12/h5-7,13H,3-4H2,1-2H3,(H,14,15)/t5-,6+,7-/m1/s1. The number of rotatable bonds is 1. The molecule has 1 amide bonds. The van der Waals surface area contributed by atoms with Crippen LogP contribution in [0.2, 0.25) is 0 Å². The van der Waals surface area contributed by atoms with Crippen molar-refractivity contribution in [3.8, 4) is 0 Å². The van der Waals surface area contributed by atoms with Crippen molar-refractivity contribution in [2.75, 3.05) is 6.54 Å². The fourth-order valence-electron chi connectivity index (χ4n) is 1.84. The quantitative estimate of drug-likeness (QED) is 0.699. The van der Waals surface area contributed by atoms with Crippen molar-refractivity contribution >= 4 is 5.91 Å². The van der Waals surface area contributed by atoms with Gasteiger partial charge in [0.15, 0.2) is 0 Å². The minimum absolute atomic E-state index is 0.0625. The highest BCUT2D eigenvalue weighted by Gasteiger charge is 2.41. The zero-order chi connectivity index (χ0) is 11.6. The van der Waals surface area contributed by atoms with E-state index in [1.165, 1.54) is 0 Å². The molecule has 0 aromatic carbocycles. The smallest absolute Gasteiger partial charge is 0.344 e. The van der Waals surface area contributed by atoms with Gasteiger partial charge in [-0.05, 0) is 25.8 Å². The summed E-state index contributed by atoms with van der Waals surface area (Å²) < 4.78 is 36.1. The lowest BCUT2D eigenvalue weighted by Gasteiger charge is -2.36. The van der Waals surface area contributed by atoms with Crippen LogP contribution in [0.3, 0.4) is 0 Å². The van der Waals surface area contributed by atoms with E-state index in [1.54, 1.807) is 6.92 Å². The summed E-state index contributed by atoms with van der Waals surface area (Å²) in [5, 5.41) is 5.07. The Morgan fingerprint density at radius 1 is 1.40 bits per heavy atom. The molecule has 1 fully saturated rings. The first-order valence-electron chi connectivity index (χ1n) is 4.93. The number of carbonyl (C=O) groups is 1. The number of hydrogen-bond acceptors (Lipinski definition) is 2. The van der Waals surface area contributed by atoms with Gasteiger partial charge in [0.2, 0.25) is 0 Å². The number of hydrogen-bond donors (Lipinski definition) is 2. The predicted octanol–water partition coefficient (Wildman–Crippen LogP) is 1.05. The Bertz CT molecular complexity index is 232. The first-order chi connectivity index (χ1) is 6.82. The molecule has 0 unspecified atom stereocenters. The second kappa shape index (κ2) is 4.38. The van der Waals surface area contributed by atoms with E-state index in [0.717, 1.165) is 13.0 Å². The summed E-state index contributed by atoms with van der Waals surface area (Å²) in [6, 6.07) is -0.576. The van der Waals surface area contributed by atoms with Crippen molar-refractivity contribution < 1.29 is 18.0 Å². The summed E-state index contributed by atoms with van der Waals surface area (Å²) in [5.74, 6) is -1.79. The van der Waals surface area contributed by atoms with Gasteiger partial charge in [0, 0.05) is 12.1 Å². The molecule has 3 nitrogen and oxygen atoms in total. The molecule has 88 valence electrons. The minimum atomic E-state index is -4.79. The summed E-state index contributed by atoms with van der Waals surface area (Å²) in [5.41, 5.74) is 0. The van der Waals surface area contributed by atoms with Crippen LogP contribution in [-0.4, -0.2) is 30.7 Å². The van der Waals surface area contributed by atoms with Crippen LogP contribution < -0.4 is 10.6 Å². The molecule has 1 aliphatic rings. The van der Waals surface area contributed by atoms with E-state index in [4.69, 9.17) is 0 Å². The number of carbonyl (C=O) groups excluding carboxylic acids is 1. The van der Waals surface area contributed by atoms with E-state index in [9.17, 15) is 18.0 Å². The van der Waals surface area contributed by atoms with Crippen molar-refractivity contribution in [1.82, 2.24) is 10.6 Å². The molecule has 15 heavy (non-hydrogen) atoms. The van der Waals surface area contributed by atoms with E-state index < -0.39 is 18.1 Å². The largest absolute Gasteiger partial charge is 0.471 e. The van der Waals surface area contributed by atoms with Gasteiger partial charge in [0.1, 0.15) is 0 Å². The molecule has 0 radical (unpaired) electrons. The zero-order valence-electron chi connectivity index (χ0n) is 8.69. The Labute approximate surface area is 86.4 Å². The lowest BCUT2D eigenvalue weighted by Crippen LogP contribution is -2.58. The van der Waals surface area contributed by atoms with Crippen LogP contribution >= 0.6 is 0 Å². The van der Waals surface area contributed by atoms with Gasteiger partial charge in [-0.25, -0.2) is 0 Å². The van der Waals surface area contributed by atoms with E-state index in [-0.39, 0.29) is 12.0 Å². The number of halogens is 3. The zero-order valence-corrected chi connectivity index (χ0v) is 8.69.